The molecule has 0 saturated heterocycles. The molecule has 2 atom stereocenters. The van der Waals surface area contributed by atoms with Gasteiger partial charge >= 0.3 is 0 Å². The Kier molecular flexibility index (Phi) is 11.1. The summed E-state index contributed by atoms with van der Waals surface area (Å²) in [5, 5.41) is 8.29. The van der Waals surface area contributed by atoms with Gasteiger partial charge in [0.25, 0.3) is 5.91 Å². The smallest absolute Gasteiger partial charge is 0.255 e. The van der Waals surface area contributed by atoms with Crippen LogP contribution in [0.25, 0.3) is 0 Å². The standard InChI is InChI=1S/C29H38N4O5/c1-3-5-16-33-17-18-38-25-14-10-9-13-22(25)27(35)32-23(28(36)30-15-4-2)20-26(34)31-24(29(33)37)19-21-11-7-6-8-12-21/h6-14,23-24H,3-5,15-20H2,1-2H3,(H,30,36)(H,31,34)(H,32,35)/t23-,24-/m0/s1. The molecule has 1 aliphatic rings. The molecular weight excluding hydrogens is 484 g/mol. The molecule has 2 aromatic rings. The number of unbranched alkanes of at least 4 members (excludes halogenated alkanes) is 1. The van der Waals surface area contributed by atoms with Crippen molar-refractivity contribution in [2.45, 2.75) is 58.0 Å². The van der Waals surface area contributed by atoms with Crippen LogP contribution in [0, 0.1) is 0 Å². The zero-order valence-corrected chi connectivity index (χ0v) is 22.2. The minimum atomic E-state index is -1.12. The number of carbonyl (C=O) groups excluding carboxylic acids is 4. The first-order valence-corrected chi connectivity index (χ1v) is 13.3. The molecule has 0 radical (unpaired) electrons. The third kappa shape index (κ3) is 8.33. The summed E-state index contributed by atoms with van der Waals surface area (Å²) >= 11 is 0. The maximum atomic E-state index is 13.7. The van der Waals surface area contributed by atoms with E-state index in [9.17, 15) is 19.2 Å². The zero-order valence-electron chi connectivity index (χ0n) is 22.2. The van der Waals surface area contributed by atoms with E-state index in [1.54, 1.807) is 29.2 Å². The highest BCUT2D eigenvalue weighted by Crippen LogP contribution is 2.19. The number of benzene rings is 2. The van der Waals surface area contributed by atoms with E-state index in [2.05, 4.69) is 16.0 Å². The van der Waals surface area contributed by atoms with E-state index in [4.69, 9.17) is 4.74 Å². The van der Waals surface area contributed by atoms with Crippen LogP contribution in [0.2, 0.25) is 0 Å². The Balaban J connectivity index is 1.95. The molecular formula is C29H38N4O5. The Labute approximate surface area is 224 Å². The van der Waals surface area contributed by atoms with E-state index in [0.717, 1.165) is 18.4 Å². The van der Waals surface area contributed by atoms with Crippen molar-refractivity contribution >= 4 is 23.6 Å². The molecule has 3 rings (SSSR count). The van der Waals surface area contributed by atoms with Gasteiger partial charge in [0, 0.05) is 19.5 Å². The number of para-hydroxylation sites is 1. The summed E-state index contributed by atoms with van der Waals surface area (Å²) in [5.41, 5.74) is 1.16. The molecule has 4 amide bonds. The molecule has 3 N–H and O–H groups in total. The quantitative estimate of drug-likeness (QED) is 0.493. The predicted molar refractivity (Wildman–Crippen MR) is 145 cm³/mol. The SMILES string of the molecule is CCCCN1CCOc2ccccc2C(=O)N[C@H](C(=O)NCCC)CC(=O)N[C@@H](Cc2ccccc2)C1=O. The summed E-state index contributed by atoms with van der Waals surface area (Å²) in [7, 11) is 0. The van der Waals surface area contributed by atoms with Gasteiger partial charge < -0.3 is 25.6 Å². The zero-order chi connectivity index (χ0) is 27.3. The van der Waals surface area contributed by atoms with Crippen molar-refractivity contribution in [3.8, 4) is 5.75 Å². The lowest BCUT2D eigenvalue weighted by molar-refractivity contribution is -0.137. The van der Waals surface area contributed by atoms with Gasteiger partial charge in [0.1, 0.15) is 24.4 Å². The van der Waals surface area contributed by atoms with Gasteiger partial charge in [-0.1, -0.05) is 62.7 Å². The van der Waals surface area contributed by atoms with Crippen molar-refractivity contribution in [3.63, 3.8) is 0 Å². The molecule has 9 heteroatoms. The van der Waals surface area contributed by atoms with E-state index in [0.29, 0.717) is 38.2 Å². The van der Waals surface area contributed by atoms with Gasteiger partial charge in [-0.05, 0) is 30.5 Å². The summed E-state index contributed by atoms with van der Waals surface area (Å²) in [6, 6.07) is 14.3. The Morgan fingerprint density at radius 3 is 2.47 bits per heavy atom. The number of rotatable bonds is 8. The van der Waals surface area contributed by atoms with Crippen LogP contribution in [0.1, 0.15) is 55.5 Å². The maximum absolute atomic E-state index is 13.7. The molecule has 2 aromatic carbocycles. The molecule has 0 spiro atoms. The Morgan fingerprint density at radius 2 is 1.74 bits per heavy atom. The highest BCUT2D eigenvalue weighted by atomic mass is 16.5. The van der Waals surface area contributed by atoms with Crippen molar-refractivity contribution in [3.05, 3.63) is 65.7 Å². The lowest BCUT2D eigenvalue weighted by Gasteiger charge is -2.29. The number of carbonyl (C=O) groups is 4. The minimum Gasteiger partial charge on any atom is -0.491 e. The van der Waals surface area contributed by atoms with Crippen LogP contribution >= 0.6 is 0 Å². The van der Waals surface area contributed by atoms with Gasteiger partial charge in [0.05, 0.1) is 18.5 Å². The Hall–Kier alpha value is -3.88. The van der Waals surface area contributed by atoms with E-state index in [-0.39, 0.29) is 24.5 Å². The highest BCUT2D eigenvalue weighted by Gasteiger charge is 2.30. The van der Waals surface area contributed by atoms with Crippen LogP contribution in [0.3, 0.4) is 0 Å². The van der Waals surface area contributed by atoms with Gasteiger partial charge in [0.2, 0.25) is 17.7 Å². The largest absolute Gasteiger partial charge is 0.491 e. The van der Waals surface area contributed by atoms with Crippen molar-refractivity contribution in [2.24, 2.45) is 0 Å². The molecule has 1 aliphatic heterocycles. The highest BCUT2D eigenvalue weighted by molar-refractivity contribution is 6.01. The van der Waals surface area contributed by atoms with E-state index < -0.39 is 29.8 Å². The summed E-state index contributed by atoms with van der Waals surface area (Å²) in [4.78, 5) is 54.7. The van der Waals surface area contributed by atoms with E-state index in [1.807, 2.05) is 44.2 Å². The molecule has 0 bridgehead atoms. The molecule has 0 fully saturated rings. The second-order valence-corrected chi connectivity index (χ2v) is 9.35. The molecule has 1 heterocycles. The number of nitrogens with one attached hydrogen (secondary N) is 3. The van der Waals surface area contributed by atoms with Crippen LogP contribution in [-0.2, 0) is 20.8 Å². The third-order valence-corrected chi connectivity index (χ3v) is 6.32. The second kappa shape index (κ2) is 14.8. The van der Waals surface area contributed by atoms with Gasteiger partial charge in [-0.25, -0.2) is 0 Å². The number of nitrogens with zero attached hydrogens (tertiary/aromatic N) is 1. The average molecular weight is 523 g/mol. The monoisotopic (exact) mass is 522 g/mol. The maximum Gasteiger partial charge on any atom is 0.255 e. The van der Waals surface area contributed by atoms with Crippen LogP contribution in [-0.4, -0.2) is 66.9 Å². The summed E-state index contributed by atoms with van der Waals surface area (Å²) in [5.74, 6) is -1.32. The van der Waals surface area contributed by atoms with Gasteiger partial charge in [-0.15, -0.1) is 0 Å². The molecule has 0 saturated carbocycles. The molecule has 204 valence electrons. The van der Waals surface area contributed by atoms with Crippen LogP contribution in [0.4, 0.5) is 0 Å². The lowest BCUT2D eigenvalue weighted by Crippen LogP contribution is -2.54. The van der Waals surface area contributed by atoms with Crippen molar-refractivity contribution in [1.29, 1.82) is 0 Å². The van der Waals surface area contributed by atoms with E-state index in [1.165, 1.54) is 0 Å². The normalized spacial score (nSPS) is 18.9. The first-order valence-electron chi connectivity index (χ1n) is 13.3. The number of amides is 4. The van der Waals surface area contributed by atoms with Crippen LogP contribution in [0.5, 0.6) is 5.75 Å². The van der Waals surface area contributed by atoms with Gasteiger partial charge in [0.15, 0.2) is 0 Å². The molecule has 0 unspecified atom stereocenters. The number of ether oxygens (including phenoxy) is 1. The molecule has 0 aliphatic carbocycles. The summed E-state index contributed by atoms with van der Waals surface area (Å²) in [6.07, 6.45) is 2.40. The fourth-order valence-electron chi connectivity index (χ4n) is 4.25. The van der Waals surface area contributed by atoms with Crippen LogP contribution in [0.15, 0.2) is 54.6 Å². The lowest BCUT2D eigenvalue weighted by atomic mass is 10.0. The number of hydrogen-bond acceptors (Lipinski definition) is 5. The van der Waals surface area contributed by atoms with Crippen molar-refractivity contribution in [1.82, 2.24) is 20.9 Å². The first-order chi connectivity index (χ1) is 18.4. The fraction of sp³-hybridized carbons (Fsp3) is 0.448. The number of fused-ring (bicyclic) bond motifs is 1. The summed E-state index contributed by atoms with van der Waals surface area (Å²) in [6.45, 7) is 5.37. The van der Waals surface area contributed by atoms with E-state index >= 15 is 0 Å². The number of hydrogen-bond donors (Lipinski definition) is 3. The Bertz CT molecular complexity index is 1090. The predicted octanol–water partition coefficient (Wildman–Crippen LogP) is 2.45. The van der Waals surface area contributed by atoms with Crippen molar-refractivity contribution in [2.75, 3.05) is 26.2 Å². The van der Waals surface area contributed by atoms with Gasteiger partial charge in [-0.2, -0.15) is 0 Å². The molecule has 0 aromatic heterocycles. The molecule has 38 heavy (non-hydrogen) atoms. The molecule has 9 nitrogen and oxygen atoms in total. The fourth-order valence-corrected chi connectivity index (χ4v) is 4.25. The van der Waals surface area contributed by atoms with Gasteiger partial charge in [-0.3, -0.25) is 19.2 Å². The average Bonchev–Trinajstić information content (AvgIpc) is 2.92. The topological polar surface area (TPSA) is 117 Å². The van der Waals surface area contributed by atoms with Crippen molar-refractivity contribution < 1.29 is 23.9 Å². The second-order valence-electron chi connectivity index (χ2n) is 9.35. The first kappa shape index (κ1) is 28.7. The third-order valence-electron chi connectivity index (χ3n) is 6.32. The minimum absolute atomic E-state index is 0.173. The van der Waals surface area contributed by atoms with Crippen LogP contribution < -0.4 is 20.7 Å². The Morgan fingerprint density at radius 1 is 1.00 bits per heavy atom. The summed E-state index contributed by atoms with van der Waals surface area (Å²) < 4.78 is 5.95.